The number of ether oxygens (including phenoxy) is 4. The highest BCUT2D eigenvalue weighted by Crippen LogP contribution is 2.32. The Balaban J connectivity index is 1.26. The molecule has 3 N–H and O–H groups in total. The lowest BCUT2D eigenvalue weighted by Gasteiger charge is -2.22. The predicted octanol–water partition coefficient (Wildman–Crippen LogP) is 1.83. The monoisotopic (exact) mass is 615 g/mol. The van der Waals surface area contributed by atoms with Crippen LogP contribution < -0.4 is 35.3 Å². The number of imidazole rings is 1. The average Bonchev–Trinajstić information content (AvgIpc) is 3.60. The molecule has 0 spiro atoms. The summed E-state index contributed by atoms with van der Waals surface area (Å²) < 4.78 is 24.6. The van der Waals surface area contributed by atoms with E-state index >= 15 is 0 Å². The number of fused-ring (bicyclic) bond motifs is 8. The fraction of sp³-hybridized carbons (Fsp3) is 0.312. The third kappa shape index (κ3) is 6.28. The first-order valence-corrected chi connectivity index (χ1v) is 14.5. The van der Waals surface area contributed by atoms with Crippen LogP contribution in [0.3, 0.4) is 0 Å². The van der Waals surface area contributed by atoms with Crippen molar-refractivity contribution in [1.29, 1.82) is 0 Å². The summed E-state index contributed by atoms with van der Waals surface area (Å²) in [6.07, 6.45) is -0.532. The van der Waals surface area contributed by atoms with Gasteiger partial charge in [0, 0.05) is 31.6 Å². The maximum Gasteiger partial charge on any atom is 0.326 e. The third-order valence-electron chi connectivity index (χ3n) is 7.95. The Kier molecular flexibility index (Phi) is 8.32. The van der Waals surface area contributed by atoms with Crippen molar-refractivity contribution in [1.82, 2.24) is 25.1 Å². The molecular formula is C32H33N5O8. The van der Waals surface area contributed by atoms with E-state index in [0.29, 0.717) is 22.8 Å². The first-order valence-electron chi connectivity index (χ1n) is 14.5. The molecule has 45 heavy (non-hydrogen) atoms. The summed E-state index contributed by atoms with van der Waals surface area (Å²) in [6.45, 7) is 0.526. The number of H-pyrrole nitrogens is 1. The molecule has 4 aromatic rings. The van der Waals surface area contributed by atoms with Crippen molar-refractivity contribution in [2.45, 2.75) is 31.7 Å². The van der Waals surface area contributed by atoms with Crippen LogP contribution in [0.5, 0.6) is 23.0 Å². The van der Waals surface area contributed by atoms with Gasteiger partial charge in [-0.2, -0.15) is 0 Å². The minimum atomic E-state index is -0.613. The summed E-state index contributed by atoms with van der Waals surface area (Å²) in [4.78, 5) is 56.4. The Bertz CT molecular complexity index is 1810. The largest absolute Gasteiger partial charge is 0.493 e. The summed E-state index contributed by atoms with van der Waals surface area (Å²) in [5.74, 6) is 0.506. The number of para-hydroxylation sites is 2. The number of hydrogen-bond acceptors (Lipinski definition) is 8. The van der Waals surface area contributed by atoms with Gasteiger partial charge in [-0.25, -0.2) is 4.79 Å². The SMILES string of the molecule is COc1ccc2cc1OCC(=O)NCc1ccc(c(OC)c1)O[C@H]1CN(C(=O)CCn3c(=O)[nH]c4ccccc43)C[C@@H]1NC2=O. The van der Waals surface area contributed by atoms with Gasteiger partial charge in [-0.1, -0.05) is 18.2 Å². The van der Waals surface area contributed by atoms with E-state index < -0.39 is 18.1 Å². The number of methoxy groups -OCH3 is 2. The Labute approximate surface area is 258 Å². The number of aromatic nitrogens is 2. The molecule has 3 aliphatic rings. The molecule has 1 aromatic heterocycles. The molecule has 4 heterocycles. The number of aromatic amines is 1. The van der Waals surface area contributed by atoms with Gasteiger partial charge in [-0.05, 0) is 48.0 Å². The Morgan fingerprint density at radius 3 is 2.60 bits per heavy atom. The zero-order valence-corrected chi connectivity index (χ0v) is 24.8. The van der Waals surface area contributed by atoms with E-state index in [9.17, 15) is 19.2 Å². The highest BCUT2D eigenvalue weighted by atomic mass is 16.5. The van der Waals surface area contributed by atoms with Gasteiger partial charge < -0.3 is 39.5 Å². The minimum absolute atomic E-state index is 0.0814. The van der Waals surface area contributed by atoms with Crippen molar-refractivity contribution in [3.8, 4) is 23.0 Å². The molecule has 0 radical (unpaired) electrons. The standard InChI is InChI=1S/C32H33N5O8/c1-42-24-10-8-20-14-27(24)44-18-29(38)33-15-19-7-9-25(26(13-19)43-2)45-28-17-36(16-22(28)34-31(20)40)30(39)11-12-37-23-6-4-3-5-21(23)35-32(37)41/h3-10,13-14,22,28H,11-12,15-18H2,1-2H3,(H,33,38)(H,34,40)(H,35,41)/t22-,28-/m0/s1. The number of aryl methyl sites for hydroxylation is 1. The molecule has 3 aliphatic heterocycles. The highest BCUT2D eigenvalue weighted by molar-refractivity contribution is 5.95. The summed E-state index contributed by atoms with van der Waals surface area (Å²) in [5, 5.41) is 5.81. The topological polar surface area (TPSA) is 153 Å². The first-order chi connectivity index (χ1) is 21.8. The van der Waals surface area contributed by atoms with Gasteiger partial charge in [0.2, 0.25) is 5.91 Å². The number of nitrogens with zero attached hydrogens (tertiary/aromatic N) is 2. The lowest BCUT2D eigenvalue weighted by Crippen LogP contribution is -2.45. The number of nitrogens with one attached hydrogen (secondary N) is 3. The van der Waals surface area contributed by atoms with Gasteiger partial charge in [0.25, 0.3) is 11.8 Å². The molecule has 7 rings (SSSR count). The molecule has 0 saturated carbocycles. The summed E-state index contributed by atoms with van der Waals surface area (Å²) in [6, 6.07) is 16.7. The second kappa shape index (κ2) is 12.6. The first kappa shape index (κ1) is 29.6. The van der Waals surface area contributed by atoms with Crippen molar-refractivity contribution < 1.29 is 33.3 Å². The molecule has 1 saturated heterocycles. The minimum Gasteiger partial charge on any atom is -0.493 e. The predicted molar refractivity (Wildman–Crippen MR) is 163 cm³/mol. The maximum atomic E-state index is 13.5. The van der Waals surface area contributed by atoms with E-state index in [0.717, 1.165) is 11.1 Å². The molecule has 3 amide bonds. The quantitative estimate of drug-likeness (QED) is 0.308. The zero-order valence-electron chi connectivity index (χ0n) is 24.8. The number of hydrogen-bond donors (Lipinski definition) is 3. The lowest BCUT2D eigenvalue weighted by molar-refractivity contribution is -0.130. The molecule has 2 atom stereocenters. The van der Waals surface area contributed by atoms with Gasteiger partial charge in [-0.3, -0.25) is 19.0 Å². The van der Waals surface area contributed by atoms with Crippen LogP contribution in [-0.4, -0.2) is 78.2 Å². The molecule has 4 bridgehead atoms. The number of carbonyl (C=O) groups is 3. The molecule has 0 unspecified atom stereocenters. The molecule has 1 fully saturated rings. The van der Waals surface area contributed by atoms with Crippen LogP contribution in [-0.2, 0) is 22.7 Å². The normalized spacial score (nSPS) is 18.3. The van der Waals surface area contributed by atoms with Crippen molar-refractivity contribution in [3.63, 3.8) is 0 Å². The highest BCUT2D eigenvalue weighted by Gasteiger charge is 2.38. The Hall–Kier alpha value is -5.46. The molecule has 13 heteroatoms. The second-order valence-electron chi connectivity index (χ2n) is 10.8. The van der Waals surface area contributed by atoms with Crippen molar-refractivity contribution >= 4 is 28.8 Å². The van der Waals surface area contributed by atoms with Crippen LogP contribution in [0, 0.1) is 0 Å². The third-order valence-corrected chi connectivity index (χ3v) is 7.95. The summed E-state index contributed by atoms with van der Waals surface area (Å²) >= 11 is 0. The van der Waals surface area contributed by atoms with Crippen molar-refractivity contribution in [2.75, 3.05) is 33.9 Å². The Morgan fingerprint density at radius 1 is 0.956 bits per heavy atom. The Morgan fingerprint density at radius 2 is 1.78 bits per heavy atom. The van der Waals surface area contributed by atoms with Crippen LogP contribution in [0.25, 0.3) is 11.0 Å². The van der Waals surface area contributed by atoms with Gasteiger partial charge in [0.15, 0.2) is 29.6 Å². The number of likely N-dealkylation sites (tertiary alicyclic amines) is 1. The van der Waals surface area contributed by atoms with E-state index in [1.54, 1.807) is 39.8 Å². The van der Waals surface area contributed by atoms with E-state index in [1.165, 1.54) is 20.3 Å². The number of amides is 3. The van der Waals surface area contributed by atoms with Crippen molar-refractivity contribution in [2.24, 2.45) is 0 Å². The van der Waals surface area contributed by atoms with E-state index in [-0.39, 0.29) is 68.0 Å². The van der Waals surface area contributed by atoms with E-state index in [2.05, 4.69) is 15.6 Å². The van der Waals surface area contributed by atoms with Gasteiger partial charge >= 0.3 is 5.69 Å². The van der Waals surface area contributed by atoms with E-state index in [4.69, 9.17) is 18.9 Å². The van der Waals surface area contributed by atoms with Crippen LogP contribution >= 0.6 is 0 Å². The van der Waals surface area contributed by atoms with E-state index in [1.807, 2.05) is 24.3 Å². The van der Waals surface area contributed by atoms with Gasteiger partial charge in [0.05, 0.1) is 37.8 Å². The fourth-order valence-corrected chi connectivity index (χ4v) is 5.59. The molecule has 234 valence electrons. The number of carbonyl (C=O) groups excluding carboxylic acids is 3. The zero-order chi connectivity index (χ0) is 31.5. The smallest absolute Gasteiger partial charge is 0.326 e. The lowest BCUT2D eigenvalue weighted by atomic mass is 10.1. The van der Waals surface area contributed by atoms with Crippen LogP contribution in [0.15, 0.2) is 65.5 Å². The number of benzene rings is 3. The second-order valence-corrected chi connectivity index (χ2v) is 10.8. The van der Waals surface area contributed by atoms with Gasteiger partial charge in [-0.15, -0.1) is 0 Å². The van der Waals surface area contributed by atoms with Crippen LogP contribution in [0.2, 0.25) is 0 Å². The number of rotatable bonds is 5. The van der Waals surface area contributed by atoms with Crippen LogP contribution in [0.1, 0.15) is 22.3 Å². The maximum absolute atomic E-state index is 13.5. The molecule has 13 nitrogen and oxygen atoms in total. The average molecular weight is 616 g/mol. The summed E-state index contributed by atoms with van der Waals surface area (Å²) in [7, 11) is 2.98. The van der Waals surface area contributed by atoms with Gasteiger partial charge in [0.1, 0.15) is 6.10 Å². The fourth-order valence-electron chi connectivity index (χ4n) is 5.59. The molecule has 0 aliphatic carbocycles. The molecule has 3 aromatic carbocycles. The van der Waals surface area contributed by atoms with Crippen molar-refractivity contribution in [3.05, 3.63) is 82.3 Å². The summed E-state index contributed by atoms with van der Waals surface area (Å²) in [5.41, 5.74) is 2.19. The molecular weight excluding hydrogens is 582 g/mol. The van der Waals surface area contributed by atoms with Crippen LogP contribution in [0.4, 0.5) is 0 Å².